The zero-order chi connectivity index (χ0) is 14.0. The fraction of sp³-hybridized carbons (Fsp3) is 0.200. The molecule has 0 amide bonds. The molecule has 19 heavy (non-hydrogen) atoms. The van der Waals surface area contributed by atoms with Crippen molar-refractivity contribution in [1.29, 1.82) is 0 Å². The number of ether oxygens (including phenoxy) is 1. The van der Waals surface area contributed by atoms with E-state index < -0.39 is 0 Å². The lowest BCUT2D eigenvalue weighted by atomic mass is 10.1. The maximum atomic E-state index is 6.12. The molecule has 100 valence electrons. The average Bonchev–Trinajstić information content (AvgIpc) is 2.35. The summed E-state index contributed by atoms with van der Waals surface area (Å²) < 4.78 is 5.74. The first kappa shape index (κ1) is 14.5. The summed E-state index contributed by atoms with van der Waals surface area (Å²) in [7, 11) is 0. The molecule has 0 spiro atoms. The molecule has 0 heterocycles. The monoisotopic (exact) mass is 314 g/mol. The second-order valence-electron chi connectivity index (χ2n) is 4.36. The number of hydrogen-bond donors (Lipinski definition) is 0. The highest BCUT2D eigenvalue weighted by Gasteiger charge is 2.08. The summed E-state index contributed by atoms with van der Waals surface area (Å²) in [5, 5.41) is 1.98. The van der Waals surface area contributed by atoms with Crippen LogP contribution in [-0.2, 0) is 6.61 Å². The minimum absolute atomic E-state index is 0.332. The van der Waals surface area contributed by atoms with Crippen molar-refractivity contribution in [3.05, 3.63) is 62.1 Å². The predicted molar refractivity (Wildman–Crippen MR) is 81.7 cm³/mol. The fourth-order valence-corrected chi connectivity index (χ4v) is 2.43. The minimum atomic E-state index is 0.332. The topological polar surface area (TPSA) is 9.23 Å². The predicted octanol–water partition coefficient (Wildman–Crippen LogP) is 5.84. The molecule has 0 radical (unpaired) electrons. The minimum Gasteiger partial charge on any atom is -0.489 e. The number of benzene rings is 2. The lowest BCUT2D eigenvalue weighted by Crippen LogP contribution is -1.98. The lowest BCUT2D eigenvalue weighted by Gasteiger charge is -2.12. The van der Waals surface area contributed by atoms with Crippen LogP contribution in [0.4, 0.5) is 0 Å². The van der Waals surface area contributed by atoms with Crippen molar-refractivity contribution in [3.8, 4) is 5.75 Å². The van der Waals surface area contributed by atoms with Crippen LogP contribution in [0.5, 0.6) is 5.75 Å². The van der Waals surface area contributed by atoms with E-state index in [4.69, 9.17) is 39.5 Å². The summed E-state index contributed by atoms with van der Waals surface area (Å²) in [5.41, 5.74) is 2.76. The third-order valence-corrected chi connectivity index (χ3v) is 4.16. The highest BCUT2D eigenvalue weighted by Crippen LogP contribution is 2.29. The highest BCUT2D eigenvalue weighted by atomic mass is 35.5. The Hall–Kier alpha value is -0.890. The summed E-state index contributed by atoms with van der Waals surface area (Å²) >= 11 is 18.3. The van der Waals surface area contributed by atoms with Gasteiger partial charge in [0.1, 0.15) is 12.4 Å². The van der Waals surface area contributed by atoms with Gasteiger partial charge in [-0.2, -0.15) is 0 Å². The van der Waals surface area contributed by atoms with Crippen molar-refractivity contribution in [2.24, 2.45) is 0 Å². The van der Waals surface area contributed by atoms with Crippen LogP contribution >= 0.6 is 34.8 Å². The van der Waals surface area contributed by atoms with Gasteiger partial charge >= 0.3 is 0 Å². The molecule has 0 aliphatic carbocycles. The Labute approximate surface area is 128 Å². The number of halogens is 3. The van der Waals surface area contributed by atoms with E-state index in [1.807, 2.05) is 32.0 Å². The van der Waals surface area contributed by atoms with Crippen molar-refractivity contribution in [1.82, 2.24) is 0 Å². The van der Waals surface area contributed by atoms with Crippen LogP contribution in [0.1, 0.15) is 16.7 Å². The van der Waals surface area contributed by atoms with Gasteiger partial charge in [-0.3, -0.25) is 0 Å². The summed E-state index contributed by atoms with van der Waals surface area (Å²) in [5.74, 6) is 0.760. The van der Waals surface area contributed by atoms with Crippen LogP contribution in [0.25, 0.3) is 0 Å². The summed E-state index contributed by atoms with van der Waals surface area (Å²) in [6.45, 7) is 4.23. The van der Waals surface area contributed by atoms with Gasteiger partial charge in [-0.15, -0.1) is 0 Å². The number of aryl methyl sites for hydroxylation is 2. The van der Waals surface area contributed by atoms with Crippen LogP contribution in [0.15, 0.2) is 30.3 Å². The van der Waals surface area contributed by atoms with Crippen molar-refractivity contribution in [2.45, 2.75) is 20.5 Å². The molecule has 0 unspecified atom stereocenters. The molecule has 2 aromatic rings. The Kier molecular flexibility index (Phi) is 4.62. The van der Waals surface area contributed by atoms with Crippen molar-refractivity contribution >= 4 is 34.8 Å². The number of rotatable bonds is 3. The zero-order valence-electron chi connectivity index (χ0n) is 10.6. The first-order valence-electron chi connectivity index (χ1n) is 5.81. The normalized spacial score (nSPS) is 10.6. The molecule has 0 bridgehead atoms. The van der Waals surface area contributed by atoms with Crippen molar-refractivity contribution in [2.75, 3.05) is 0 Å². The SMILES string of the molecule is Cc1cc(OCc2c(Cl)cccc2Cl)cc(C)c1Cl. The highest BCUT2D eigenvalue weighted by molar-refractivity contribution is 6.36. The third-order valence-electron chi connectivity index (χ3n) is 2.85. The molecule has 2 rings (SSSR count). The van der Waals surface area contributed by atoms with Crippen molar-refractivity contribution in [3.63, 3.8) is 0 Å². The lowest BCUT2D eigenvalue weighted by molar-refractivity contribution is 0.306. The molecule has 2 aromatic carbocycles. The Balaban J connectivity index is 2.19. The first-order valence-corrected chi connectivity index (χ1v) is 6.95. The third kappa shape index (κ3) is 3.36. The molecule has 0 aliphatic heterocycles. The van der Waals surface area contributed by atoms with Gasteiger partial charge in [0.15, 0.2) is 0 Å². The zero-order valence-corrected chi connectivity index (χ0v) is 12.9. The molecular weight excluding hydrogens is 303 g/mol. The van der Waals surface area contributed by atoms with Gasteiger partial charge in [0, 0.05) is 20.6 Å². The van der Waals surface area contributed by atoms with Crippen LogP contribution in [0.3, 0.4) is 0 Å². The first-order chi connectivity index (χ1) is 8.99. The van der Waals surface area contributed by atoms with Gasteiger partial charge in [-0.05, 0) is 49.2 Å². The summed E-state index contributed by atoms with van der Waals surface area (Å²) in [6, 6.07) is 9.21. The van der Waals surface area contributed by atoms with E-state index in [2.05, 4.69) is 0 Å². The molecule has 0 fully saturated rings. The maximum absolute atomic E-state index is 6.12. The molecule has 0 N–H and O–H groups in total. The van der Waals surface area contributed by atoms with Gasteiger partial charge in [0.25, 0.3) is 0 Å². The van der Waals surface area contributed by atoms with E-state index in [1.54, 1.807) is 12.1 Å². The fourth-order valence-electron chi connectivity index (χ4n) is 1.82. The van der Waals surface area contributed by atoms with Gasteiger partial charge in [-0.25, -0.2) is 0 Å². The van der Waals surface area contributed by atoms with Gasteiger partial charge in [0.05, 0.1) is 0 Å². The molecule has 0 saturated carbocycles. The van der Waals surface area contributed by atoms with E-state index in [-0.39, 0.29) is 0 Å². The van der Waals surface area contributed by atoms with Gasteiger partial charge < -0.3 is 4.74 Å². The maximum Gasteiger partial charge on any atom is 0.120 e. The Morgan fingerprint density at radius 3 is 2.00 bits per heavy atom. The quantitative estimate of drug-likeness (QED) is 0.691. The second-order valence-corrected chi connectivity index (χ2v) is 5.55. The summed E-state index contributed by atoms with van der Waals surface area (Å²) in [4.78, 5) is 0. The van der Waals surface area contributed by atoms with E-state index in [1.165, 1.54) is 0 Å². The molecule has 0 atom stereocenters. The van der Waals surface area contributed by atoms with E-state index >= 15 is 0 Å². The Morgan fingerprint density at radius 1 is 0.947 bits per heavy atom. The van der Waals surface area contributed by atoms with Crippen LogP contribution < -0.4 is 4.74 Å². The molecule has 0 aliphatic rings. The standard InChI is InChI=1S/C15H13Cl3O/c1-9-6-11(7-10(2)15(9)18)19-8-12-13(16)4-3-5-14(12)17/h3-7H,8H2,1-2H3. The smallest absolute Gasteiger partial charge is 0.120 e. The molecule has 0 saturated heterocycles. The Morgan fingerprint density at radius 2 is 1.47 bits per heavy atom. The van der Waals surface area contributed by atoms with Gasteiger partial charge in [-0.1, -0.05) is 40.9 Å². The van der Waals surface area contributed by atoms with Crippen LogP contribution in [0.2, 0.25) is 15.1 Å². The average molecular weight is 316 g/mol. The van der Waals surface area contributed by atoms with E-state index in [0.29, 0.717) is 16.7 Å². The second kappa shape index (κ2) is 6.04. The molecular formula is C15H13Cl3O. The van der Waals surface area contributed by atoms with Gasteiger partial charge in [0.2, 0.25) is 0 Å². The number of hydrogen-bond acceptors (Lipinski definition) is 1. The largest absolute Gasteiger partial charge is 0.489 e. The van der Waals surface area contributed by atoms with Crippen molar-refractivity contribution < 1.29 is 4.74 Å². The van der Waals surface area contributed by atoms with Crippen LogP contribution in [-0.4, -0.2) is 0 Å². The summed E-state index contributed by atoms with van der Waals surface area (Å²) in [6.07, 6.45) is 0. The molecule has 0 aromatic heterocycles. The molecule has 1 nitrogen and oxygen atoms in total. The Bertz CT molecular complexity index is 565. The molecule has 4 heteroatoms. The van der Waals surface area contributed by atoms with E-state index in [9.17, 15) is 0 Å². The van der Waals surface area contributed by atoms with Crippen LogP contribution in [0, 0.1) is 13.8 Å². The van der Waals surface area contributed by atoms with E-state index in [0.717, 1.165) is 27.5 Å².